The normalized spacial score (nSPS) is 13.0. The first-order valence-electron chi connectivity index (χ1n) is 9.75. The first-order chi connectivity index (χ1) is 16.1. The summed E-state index contributed by atoms with van der Waals surface area (Å²) in [5, 5.41) is 13.4. The maximum Gasteiger partial charge on any atom is 0.416 e. The van der Waals surface area contributed by atoms with Crippen LogP contribution in [-0.4, -0.2) is 26.4 Å². The van der Waals surface area contributed by atoms with Gasteiger partial charge in [0.1, 0.15) is 11.8 Å². The molecular weight excluding hydrogens is 491 g/mol. The second-order valence-electron chi connectivity index (χ2n) is 7.04. The number of nitriles is 1. The molecule has 0 fully saturated rings. The van der Waals surface area contributed by atoms with Crippen LogP contribution in [0.2, 0.25) is 0 Å². The van der Waals surface area contributed by atoms with Crippen molar-refractivity contribution in [1.82, 2.24) is 13.8 Å². The molecular formula is C21H16F3N5O3S2. The number of aryl methyl sites for hydroxylation is 1. The highest BCUT2D eigenvalue weighted by molar-refractivity contribution is 7.90. The van der Waals surface area contributed by atoms with E-state index < -0.39 is 32.7 Å². The zero-order chi connectivity index (χ0) is 24.7. The number of nitrogens with one attached hydrogen (secondary N) is 1. The summed E-state index contributed by atoms with van der Waals surface area (Å²) in [6.07, 6.45) is -2.40. The average molecular weight is 508 g/mol. The summed E-state index contributed by atoms with van der Waals surface area (Å²) in [7, 11) is -6.44. The Hall–Kier alpha value is -3.63. The van der Waals surface area contributed by atoms with Crippen molar-refractivity contribution in [3.8, 4) is 6.07 Å². The van der Waals surface area contributed by atoms with Crippen molar-refractivity contribution < 1.29 is 25.8 Å². The number of alkyl halides is 3. The van der Waals surface area contributed by atoms with E-state index in [0.717, 1.165) is 18.3 Å². The zero-order valence-electron chi connectivity index (χ0n) is 17.4. The Bertz CT molecular complexity index is 1550. The third-order valence-corrected chi connectivity index (χ3v) is 7.83. The number of benzene rings is 2. The van der Waals surface area contributed by atoms with E-state index in [2.05, 4.69) is 9.82 Å². The third kappa shape index (κ3) is 4.06. The van der Waals surface area contributed by atoms with E-state index in [1.807, 2.05) is 6.07 Å². The highest BCUT2D eigenvalue weighted by Gasteiger charge is 2.32. The van der Waals surface area contributed by atoms with Crippen molar-refractivity contribution in [3.05, 3.63) is 72.2 Å². The summed E-state index contributed by atoms with van der Waals surface area (Å²) in [5.41, 5.74) is -1.09. The van der Waals surface area contributed by atoms with Crippen LogP contribution in [0.15, 0.2) is 70.7 Å². The first kappa shape index (κ1) is 23.5. The third-order valence-electron chi connectivity index (χ3n) is 5.01. The van der Waals surface area contributed by atoms with Crippen molar-refractivity contribution in [2.45, 2.75) is 29.4 Å². The van der Waals surface area contributed by atoms with Gasteiger partial charge in [0, 0.05) is 18.1 Å². The van der Waals surface area contributed by atoms with Gasteiger partial charge in [0.05, 0.1) is 27.1 Å². The molecule has 4 rings (SSSR count). The Morgan fingerprint density at radius 2 is 1.88 bits per heavy atom. The Kier molecular flexibility index (Phi) is 5.96. The van der Waals surface area contributed by atoms with Crippen molar-refractivity contribution in [2.24, 2.45) is 0 Å². The van der Waals surface area contributed by atoms with Crippen LogP contribution in [0.25, 0.3) is 10.9 Å². The lowest BCUT2D eigenvalue weighted by Crippen LogP contribution is -2.12. The maximum absolute atomic E-state index is 13.4. The van der Waals surface area contributed by atoms with E-state index in [1.54, 1.807) is 13.0 Å². The molecule has 0 aliphatic rings. The van der Waals surface area contributed by atoms with E-state index >= 15 is 0 Å². The summed E-state index contributed by atoms with van der Waals surface area (Å²) in [5.74, 6) is 0. The van der Waals surface area contributed by atoms with E-state index in [4.69, 9.17) is 0 Å². The van der Waals surface area contributed by atoms with Crippen LogP contribution >= 0.6 is 0 Å². The topological polar surface area (TPSA) is 110 Å². The fourth-order valence-electron chi connectivity index (χ4n) is 3.37. The van der Waals surface area contributed by atoms with Crippen molar-refractivity contribution in [1.29, 1.82) is 5.26 Å². The molecule has 2 aromatic carbocycles. The Morgan fingerprint density at radius 3 is 2.50 bits per heavy atom. The predicted octanol–water partition coefficient (Wildman–Crippen LogP) is 4.12. The molecule has 13 heteroatoms. The minimum Gasteiger partial charge on any atom is -0.297 e. The lowest BCUT2D eigenvalue weighted by atomic mass is 10.1. The molecule has 0 bridgehead atoms. The highest BCUT2D eigenvalue weighted by Crippen LogP contribution is 2.35. The second kappa shape index (κ2) is 8.62. The second-order valence-corrected chi connectivity index (χ2v) is 10.0. The number of fused-ring (bicyclic) bond motifs is 1. The fraction of sp³-hybridized carbons (Fsp3) is 0.143. The largest absolute Gasteiger partial charge is 0.416 e. The summed E-state index contributed by atoms with van der Waals surface area (Å²) < 4.78 is 84.4. The summed E-state index contributed by atoms with van der Waals surface area (Å²) in [6.45, 7) is 2.14. The molecule has 2 heterocycles. The van der Waals surface area contributed by atoms with Crippen LogP contribution in [0.3, 0.4) is 0 Å². The molecule has 4 aromatic rings. The number of hydrogen-bond donors (Lipinski definition) is 1. The van der Waals surface area contributed by atoms with Crippen LogP contribution in [-0.2, 0) is 33.7 Å². The number of nitrogens with zero attached hydrogens (tertiary/aromatic N) is 4. The number of aromatic nitrogens is 3. The monoisotopic (exact) mass is 507 g/mol. The van der Waals surface area contributed by atoms with E-state index in [0.29, 0.717) is 16.6 Å². The fourth-order valence-corrected chi connectivity index (χ4v) is 5.85. The number of hydrogen-bond acceptors (Lipinski definition) is 5. The summed E-state index contributed by atoms with van der Waals surface area (Å²) in [6, 6.07) is 11.7. The Morgan fingerprint density at radius 1 is 1.18 bits per heavy atom. The Labute approximate surface area is 194 Å². The molecule has 0 spiro atoms. The average Bonchev–Trinajstić information content (AvgIpc) is 3.39. The van der Waals surface area contributed by atoms with Crippen molar-refractivity contribution in [2.75, 3.05) is 4.72 Å². The molecule has 0 radical (unpaired) electrons. The SMILES string of the molecule is CCn1ncc(NS(=O)c2cn(S(=O)(=O)c3ccccc3)c3cc(C(F)(F)F)ccc23)c1C#N. The van der Waals surface area contributed by atoms with E-state index in [9.17, 15) is 31.1 Å². The van der Waals surface area contributed by atoms with Gasteiger partial charge in [-0.25, -0.2) is 16.6 Å². The number of anilines is 1. The predicted molar refractivity (Wildman–Crippen MR) is 119 cm³/mol. The summed E-state index contributed by atoms with van der Waals surface area (Å²) >= 11 is 0. The smallest absolute Gasteiger partial charge is 0.297 e. The molecule has 1 atom stereocenters. The van der Waals surface area contributed by atoms with Gasteiger partial charge in [-0.2, -0.15) is 23.5 Å². The number of halogens is 3. The van der Waals surface area contributed by atoms with Crippen LogP contribution in [0, 0.1) is 11.3 Å². The van der Waals surface area contributed by atoms with Crippen LogP contribution < -0.4 is 4.72 Å². The minimum absolute atomic E-state index is 0.0414. The Balaban J connectivity index is 1.89. The van der Waals surface area contributed by atoms with E-state index in [1.165, 1.54) is 35.1 Å². The molecule has 0 amide bonds. The standard InChI is InChI=1S/C21H16F3N5O3S2/c1-2-28-19(11-25)17(12-26-28)27-33(30)20-13-29(34(31,32)15-6-4-3-5-7-15)18-10-14(21(22,23)24)8-9-16(18)20/h3-10,12-13,27H,2H2,1H3. The molecule has 34 heavy (non-hydrogen) atoms. The molecule has 1 N–H and O–H groups in total. The summed E-state index contributed by atoms with van der Waals surface area (Å²) in [4.78, 5) is -0.220. The number of rotatable bonds is 6. The van der Waals surface area contributed by atoms with E-state index in [-0.39, 0.29) is 32.1 Å². The van der Waals surface area contributed by atoms with Gasteiger partial charge in [-0.05, 0) is 31.2 Å². The molecule has 8 nitrogen and oxygen atoms in total. The lowest BCUT2D eigenvalue weighted by molar-refractivity contribution is -0.137. The minimum atomic E-state index is -4.71. The van der Waals surface area contributed by atoms with Crippen LogP contribution in [0.5, 0.6) is 0 Å². The van der Waals surface area contributed by atoms with Gasteiger partial charge in [0.2, 0.25) is 0 Å². The lowest BCUT2D eigenvalue weighted by Gasteiger charge is -2.10. The molecule has 2 aromatic heterocycles. The van der Waals surface area contributed by atoms with Crippen LogP contribution in [0.1, 0.15) is 18.2 Å². The first-order valence-corrected chi connectivity index (χ1v) is 12.3. The zero-order valence-corrected chi connectivity index (χ0v) is 19.1. The van der Waals surface area contributed by atoms with Gasteiger partial charge < -0.3 is 0 Å². The molecule has 0 aliphatic carbocycles. The van der Waals surface area contributed by atoms with Gasteiger partial charge in [-0.3, -0.25) is 9.40 Å². The van der Waals surface area contributed by atoms with Crippen molar-refractivity contribution in [3.63, 3.8) is 0 Å². The van der Waals surface area contributed by atoms with Crippen LogP contribution in [0.4, 0.5) is 18.9 Å². The molecule has 176 valence electrons. The van der Waals surface area contributed by atoms with Gasteiger partial charge in [-0.1, -0.05) is 24.3 Å². The molecule has 1 unspecified atom stereocenters. The molecule has 0 saturated heterocycles. The van der Waals surface area contributed by atoms with Gasteiger partial charge in [-0.15, -0.1) is 0 Å². The molecule has 0 aliphatic heterocycles. The maximum atomic E-state index is 13.4. The van der Waals surface area contributed by atoms with Gasteiger partial charge >= 0.3 is 6.18 Å². The molecule has 0 saturated carbocycles. The van der Waals surface area contributed by atoms with Gasteiger partial charge in [0.25, 0.3) is 10.0 Å². The highest BCUT2D eigenvalue weighted by atomic mass is 32.2. The quantitative estimate of drug-likeness (QED) is 0.422. The van der Waals surface area contributed by atoms with Gasteiger partial charge in [0.15, 0.2) is 16.7 Å². The van der Waals surface area contributed by atoms with Crippen molar-refractivity contribution >= 4 is 37.6 Å².